The predicted octanol–water partition coefficient (Wildman–Crippen LogP) is 2.29. The lowest BCUT2D eigenvalue weighted by Crippen LogP contribution is -2.43. The Bertz CT molecular complexity index is 1110. The zero-order valence-corrected chi connectivity index (χ0v) is 18.1. The molecule has 2 N–H and O–H groups in total. The number of carbonyl (C=O) groups is 1. The molecule has 6 nitrogen and oxygen atoms in total. The number of halogens is 3. The SMILES string of the molecule is NC(CC(=O)N1CCC2CN(S(=O)(=O)c3ccccc3)CC21)Cc1cc(F)c(F)cc1F. The van der Waals surface area contributed by atoms with E-state index >= 15 is 0 Å². The van der Waals surface area contributed by atoms with Gasteiger partial charge in [-0.2, -0.15) is 4.31 Å². The lowest BCUT2D eigenvalue weighted by molar-refractivity contribution is -0.132. The molecule has 10 heteroatoms. The minimum Gasteiger partial charge on any atom is -0.338 e. The van der Waals surface area contributed by atoms with E-state index in [0.717, 1.165) is 6.07 Å². The summed E-state index contributed by atoms with van der Waals surface area (Å²) in [5, 5.41) is 0. The van der Waals surface area contributed by atoms with Gasteiger partial charge in [-0.1, -0.05) is 18.2 Å². The molecule has 32 heavy (non-hydrogen) atoms. The van der Waals surface area contributed by atoms with Gasteiger partial charge in [0.1, 0.15) is 5.82 Å². The molecule has 172 valence electrons. The maximum Gasteiger partial charge on any atom is 0.243 e. The highest BCUT2D eigenvalue weighted by atomic mass is 32.2. The predicted molar refractivity (Wildman–Crippen MR) is 111 cm³/mol. The van der Waals surface area contributed by atoms with Crippen LogP contribution >= 0.6 is 0 Å². The van der Waals surface area contributed by atoms with Crippen LogP contribution in [-0.2, 0) is 21.2 Å². The van der Waals surface area contributed by atoms with Crippen molar-refractivity contribution in [2.24, 2.45) is 11.7 Å². The average molecular weight is 468 g/mol. The summed E-state index contributed by atoms with van der Waals surface area (Å²) < 4.78 is 67.6. The summed E-state index contributed by atoms with van der Waals surface area (Å²) in [5.41, 5.74) is 5.91. The summed E-state index contributed by atoms with van der Waals surface area (Å²) in [5.74, 6) is -3.59. The Balaban J connectivity index is 1.40. The monoisotopic (exact) mass is 467 g/mol. The number of nitrogens with zero attached hydrogens (tertiary/aromatic N) is 2. The van der Waals surface area contributed by atoms with E-state index in [-0.39, 0.29) is 47.7 Å². The van der Waals surface area contributed by atoms with E-state index < -0.39 is 33.5 Å². The zero-order chi connectivity index (χ0) is 23.0. The fraction of sp³-hybridized carbons (Fsp3) is 0.409. The van der Waals surface area contributed by atoms with Crippen molar-refractivity contribution >= 4 is 15.9 Å². The summed E-state index contributed by atoms with van der Waals surface area (Å²) in [6, 6.07) is 8.35. The van der Waals surface area contributed by atoms with E-state index in [2.05, 4.69) is 0 Å². The Morgan fingerprint density at radius 3 is 2.47 bits per heavy atom. The van der Waals surface area contributed by atoms with Crippen LogP contribution in [-0.4, -0.2) is 55.2 Å². The van der Waals surface area contributed by atoms with Gasteiger partial charge < -0.3 is 10.6 Å². The maximum atomic E-state index is 13.9. The highest BCUT2D eigenvalue weighted by Gasteiger charge is 2.46. The number of likely N-dealkylation sites (tertiary alicyclic amines) is 1. The molecule has 0 spiro atoms. The lowest BCUT2D eigenvalue weighted by atomic mass is 10.0. The van der Waals surface area contributed by atoms with Gasteiger partial charge in [0, 0.05) is 44.2 Å². The molecule has 2 saturated heterocycles. The van der Waals surface area contributed by atoms with Gasteiger partial charge in [0.25, 0.3) is 0 Å². The summed E-state index contributed by atoms with van der Waals surface area (Å²) in [6.45, 7) is 1.05. The Labute approximate surface area is 184 Å². The standard InChI is InChI=1S/C22H24F3N3O3S/c23-18-11-20(25)19(24)9-15(18)8-16(26)10-22(29)28-7-6-14-12-27(13-21(14)28)32(30,31)17-4-2-1-3-5-17/h1-5,9,11,14,16,21H,6-8,10,12-13,26H2. The van der Waals surface area contributed by atoms with Crippen molar-refractivity contribution in [3.05, 3.63) is 65.5 Å². The molecular weight excluding hydrogens is 443 g/mol. The van der Waals surface area contributed by atoms with Gasteiger partial charge in [-0.15, -0.1) is 0 Å². The van der Waals surface area contributed by atoms with E-state index in [4.69, 9.17) is 5.73 Å². The van der Waals surface area contributed by atoms with Gasteiger partial charge >= 0.3 is 0 Å². The number of carbonyl (C=O) groups excluding carboxylic acids is 1. The van der Waals surface area contributed by atoms with Crippen molar-refractivity contribution in [2.45, 2.75) is 36.2 Å². The molecule has 3 unspecified atom stereocenters. The van der Waals surface area contributed by atoms with E-state index in [1.807, 2.05) is 0 Å². The minimum absolute atomic E-state index is 0.0392. The van der Waals surface area contributed by atoms with Crippen LogP contribution < -0.4 is 5.73 Å². The lowest BCUT2D eigenvalue weighted by Gasteiger charge is -2.26. The number of hydrogen-bond donors (Lipinski definition) is 1. The molecule has 2 fully saturated rings. The Morgan fingerprint density at radius 2 is 1.75 bits per heavy atom. The van der Waals surface area contributed by atoms with Crippen LogP contribution in [0.5, 0.6) is 0 Å². The van der Waals surface area contributed by atoms with Crippen molar-refractivity contribution in [3.8, 4) is 0 Å². The average Bonchev–Trinajstić information content (AvgIpc) is 3.34. The first kappa shape index (κ1) is 22.8. The molecule has 0 aromatic heterocycles. The third-order valence-electron chi connectivity index (χ3n) is 6.22. The van der Waals surface area contributed by atoms with Gasteiger partial charge in [-0.3, -0.25) is 4.79 Å². The Kier molecular flexibility index (Phi) is 6.28. The second-order valence-corrected chi connectivity index (χ2v) is 10.3. The molecule has 4 rings (SSSR count). The smallest absolute Gasteiger partial charge is 0.243 e. The van der Waals surface area contributed by atoms with Crippen LogP contribution in [0.2, 0.25) is 0 Å². The normalized spacial score (nSPS) is 22.2. The van der Waals surface area contributed by atoms with Crippen molar-refractivity contribution in [2.75, 3.05) is 19.6 Å². The number of amides is 1. The third-order valence-corrected chi connectivity index (χ3v) is 8.07. The molecule has 2 aliphatic heterocycles. The van der Waals surface area contributed by atoms with Crippen molar-refractivity contribution < 1.29 is 26.4 Å². The van der Waals surface area contributed by atoms with Gasteiger partial charge in [0.15, 0.2) is 11.6 Å². The fourth-order valence-electron chi connectivity index (χ4n) is 4.59. The van der Waals surface area contributed by atoms with Gasteiger partial charge in [0.2, 0.25) is 15.9 Å². The number of nitrogens with two attached hydrogens (primary N) is 1. The highest BCUT2D eigenvalue weighted by molar-refractivity contribution is 7.89. The molecule has 2 aliphatic rings. The largest absolute Gasteiger partial charge is 0.338 e. The van der Waals surface area contributed by atoms with E-state index in [1.54, 1.807) is 35.2 Å². The van der Waals surface area contributed by atoms with E-state index in [0.29, 0.717) is 25.6 Å². The molecule has 0 saturated carbocycles. The maximum absolute atomic E-state index is 13.9. The second-order valence-electron chi connectivity index (χ2n) is 8.36. The topological polar surface area (TPSA) is 83.7 Å². The quantitative estimate of drug-likeness (QED) is 0.661. The summed E-state index contributed by atoms with van der Waals surface area (Å²) >= 11 is 0. The number of rotatable bonds is 6. The van der Waals surface area contributed by atoms with Crippen LogP contribution in [0.15, 0.2) is 47.4 Å². The molecule has 0 aliphatic carbocycles. The van der Waals surface area contributed by atoms with E-state index in [9.17, 15) is 26.4 Å². The van der Waals surface area contributed by atoms with Gasteiger partial charge in [0.05, 0.1) is 4.90 Å². The number of sulfonamides is 1. The molecule has 1 amide bonds. The zero-order valence-electron chi connectivity index (χ0n) is 17.3. The number of benzene rings is 2. The third kappa shape index (κ3) is 4.39. The molecule has 2 aromatic rings. The van der Waals surface area contributed by atoms with E-state index in [1.165, 1.54) is 4.31 Å². The molecular formula is C22H24F3N3O3S. The number of hydrogen-bond acceptors (Lipinski definition) is 4. The van der Waals surface area contributed by atoms with Crippen molar-refractivity contribution in [3.63, 3.8) is 0 Å². The highest BCUT2D eigenvalue weighted by Crippen LogP contribution is 2.35. The Morgan fingerprint density at radius 1 is 1.06 bits per heavy atom. The van der Waals surface area contributed by atoms with Gasteiger partial charge in [-0.05, 0) is 42.5 Å². The molecule has 3 atom stereocenters. The molecule has 2 heterocycles. The first-order chi connectivity index (χ1) is 15.2. The second kappa shape index (κ2) is 8.84. The molecule has 2 aromatic carbocycles. The Hall–Kier alpha value is -2.43. The van der Waals surface area contributed by atoms with Crippen molar-refractivity contribution in [1.29, 1.82) is 0 Å². The number of fused-ring (bicyclic) bond motifs is 1. The van der Waals surface area contributed by atoms with Crippen LogP contribution in [0.1, 0.15) is 18.4 Å². The van der Waals surface area contributed by atoms with Crippen LogP contribution in [0, 0.1) is 23.4 Å². The molecule has 0 bridgehead atoms. The summed E-state index contributed by atoms with van der Waals surface area (Å²) in [6.07, 6.45) is 0.461. The van der Waals surface area contributed by atoms with Crippen LogP contribution in [0.25, 0.3) is 0 Å². The van der Waals surface area contributed by atoms with Gasteiger partial charge in [-0.25, -0.2) is 21.6 Å². The van der Waals surface area contributed by atoms with Crippen LogP contribution in [0.4, 0.5) is 13.2 Å². The van der Waals surface area contributed by atoms with Crippen molar-refractivity contribution in [1.82, 2.24) is 9.21 Å². The summed E-state index contributed by atoms with van der Waals surface area (Å²) in [7, 11) is -3.64. The summed E-state index contributed by atoms with van der Waals surface area (Å²) in [4.78, 5) is 14.7. The first-order valence-corrected chi connectivity index (χ1v) is 11.8. The fourth-order valence-corrected chi connectivity index (χ4v) is 6.12. The minimum atomic E-state index is -3.64. The first-order valence-electron chi connectivity index (χ1n) is 10.4. The molecule has 0 radical (unpaired) electrons. The van der Waals surface area contributed by atoms with Crippen LogP contribution in [0.3, 0.4) is 0 Å².